The molecule has 6 nitrogen and oxygen atoms in total. The molecule has 120 valence electrons. The summed E-state index contributed by atoms with van der Waals surface area (Å²) in [4.78, 5) is 28.7. The van der Waals surface area contributed by atoms with E-state index in [1.54, 1.807) is 11.7 Å². The van der Waals surface area contributed by atoms with Crippen LogP contribution in [0.25, 0.3) is 10.2 Å². The van der Waals surface area contributed by atoms with E-state index in [1.165, 1.54) is 23.1 Å². The first-order chi connectivity index (χ1) is 10.7. The summed E-state index contributed by atoms with van der Waals surface area (Å²) < 4.78 is 7.21. The molecule has 0 aliphatic heterocycles. The number of nitrogens with one attached hydrogen (secondary N) is 1. The molecule has 1 N–H and O–H groups in total. The van der Waals surface area contributed by atoms with Crippen molar-refractivity contribution in [2.45, 2.75) is 25.0 Å². The van der Waals surface area contributed by atoms with Gasteiger partial charge in [-0.15, -0.1) is 11.3 Å². The van der Waals surface area contributed by atoms with Crippen molar-refractivity contribution in [2.24, 2.45) is 0 Å². The van der Waals surface area contributed by atoms with Crippen LogP contribution in [-0.4, -0.2) is 41.5 Å². The van der Waals surface area contributed by atoms with Crippen LogP contribution in [-0.2, 0) is 16.1 Å². The van der Waals surface area contributed by atoms with Gasteiger partial charge < -0.3 is 10.1 Å². The Morgan fingerprint density at radius 3 is 3.09 bits per heavy atom. The van der Waals surface area contributed by atoms with E-state index in [0.717, 1.165) is 6.42 Å². The number of carbonyl (C=O) groups excluding carboxylic acids is 1. The average molecular weight is 341 g/mol. The third-order valence-corrected chi connectivity index (χ3v) is 4.81. The number of aromatic nitrogens is 2. The number of hydrogen-bond donors (Lipinski definition) is 1. The molecule has 2 aromatic rings. The number of carbonyl (C=O) groups is 1. The second-order valence-corrected chi connectivity index (χ2v) is 6.48. The fourth-order valence-corrected chi connectivity index (χ4v) is 3.56. The monoisotopic (exact) mass is 341 g/mol. The Morgan fingerprint density at radius 1 is 1.55 bits per heavy atom. The lowest BCUT2D eigenvalue weighted by Gasteiger charge is -2.11. The van der Waals surface area contributed by atoms with Crippen LogP contribution < -0.4 is 10.9 Å². The molecular weight excluding hydrogens is 322 g/mol. The van der Waals surface area contributed by atoms with E-state index in [1.807, 2.05) is 18.4 Å². The van der Waals surface area contributed by atoms with Crippen molar-refractivity contribution in [3.8, 4) is 0 Å². The summed E-state index contributed by atoms with van der Waals surface area (Å²) >= 11 is 2.69. The molecule has 0 aromatic carbocycles. The molecule has 2 rings (SSSR count). The van der Waals surface area contributed by atoms with Gasteiger partial charge in [0.1, 0.15) is 4.70 Å². The van der Waals surface area contributed by atoms with Crippen molar-refractivity contribution in [3.63, 3.8) is 0 Å². The highest BCUT2D eigenvalue weighted by Crippen LogP contribution is 2.20. The smallest absolute Gasteiger partial charge is 0.272 e. The van der Waals surface area contributed by atoms with Gasteiger partial charge >= 0.3 is 0 Å². The number of thiophene rings is 1. The summed E-state index contributed by atoms with van der Waals surface area (Å²) in [7, 11) is 1.59. The largest absolute Gasteiger partial charge is 0.383 e. The second-order valence-electron chi connectivity index (χ2n) is 4.62. The molecule has 0 radical (unpaired) electrons. The number of ether oxygens (including phenoxy) is 1. The van der Waals surface area contributed by atoms with Crippen LogP contribution in [0.3, 0.4) is 0 Å². The average Bonchev–Trinajstić information content (AvgIpc) is 2.97. The Hall–Kier alpha value is -1.38. The van der Waals surface area contributed by atoms with Gasteiger partial charge in [0.05, 0.1) is 17.9 Å². The van der Waals surface area contributed by atoms with Gasteiger partial charge in [0.2, 0.25) is 5.91 Å². The van der Waals surface area contributed by atoms with E-state index in [9.17, 15) is 9.59 Å². The van der Waals surface area contributed by atoms with Crippen molar-refractivity contribution in [2.75, 3.05) is 26.0 Å². The molecule has 22 heavy (non-hydrogen) atoms. The number of methoxy groups -OCH3 is 1. The van der Waals surface area contributed by atoms with Gasteiger partial charge in [-0.1, -0.05) is 18.7 Å². The van der Waals surface area contributed by atoms with Crippen LogP contribution in [0.4, 0.5) is 0 Å². The zero-order valence-electron chi connectivity index (χ0n) is 12.6. The van der Waals surface area contributed by atoms with Crippen molar-refractivity contribution >= 4 is 39.2 Å². The van der Waals surface area contributed by atoms with Crippen LogP contribution >= 0.6 is 23.1 Å². The lowest BCUT2D eigenvalue weighted by Crippen LogP contribution is -2.29. The fraction of sp³-hybridized carbons (Fsp3) is 0.500. The van der Waals surface area contributed by atoms with Crippen LogP contribution in [0.15, 0.2) is 21.4 Å². The van der Waals surface area contributed by atoms with Gasteiger partial charge in [-0.3, -0.25) is 14.2 Å². The van der Waals surface area contributed by atoms with Gasteiger partial charge in [-0.2, -0.15) is 0 Å². The molecule has 2 heterocycles. The van der Waals surface area contributed by atoms with E-state index in [2.05, 4.69) is 10.3 Å². The molecule has 0 unspecified atom stereocenters. The summed E-state index contributed by atoms with van der Waals surface area (Å²) in [5.74, 6) is 0.139. The number of nitrogens with zero attached hydrogens (tertiary/aromatic N) is 2. The summed E-state index contributed by atoms with van der Waals surface area (Å²) in [5.41, 5.74) is 0.675. The molecule has 0 fully saturated rings. The lowest BCUT2D eigenvalue weighted by molar-refractivity contribution is -0.118. The number of thioether (sulfide) groups is 1. The van der Waals surface area contributed by atoms with Crippen LogP contribution in [0.2, 0.25) is 0 Å². The van der Waals surface area contributed by atoms with Crippen molar-refractivity contribution < 1.29 is 9.53 Å². The van der Waals surface area contributed by atoms with Crippen molar-refractivity contribution in [1.29, 1.82) is 0 Å². The Labute approximate surface area is 136 Å². The standard InChI is InChI=1S/C14H19N3O3S2/c1-3-6-17-13(19)12-10(4-8-21-12)16-14(17)22-9-11(18)15-5-7-20-2/h4,8H,3,5-7,9H2,1-2H3,(H,15,18). The second kappa shape index (κ2) is 8.30. The van der Waals surface area contributed by atoms with E-state index in [-0.39, 0.29) is 17.2 Å². The Balaban J connectivity index is 2.13. The molecule has 0 spiro atoms. The van der Waals surface area contributed by atoms with E-state index >= 15 is 0 Å². The summed E-state index contributed by atoms with van der Waals surface area (Å²) in [6, 6.07) is 1.83. The van der Waals surface area contributed by atoms with Gasteiger partial charge in [-0.05, 0) is 17.9 Å². The maximum Gasteiger partial charge on any atom is 0.272 e. The molecule has 2 aromatic heterocycles. The van der Waals surface area contributed by atoms with Crippen molar-refractivity contribution in [3.05, 3.63) is 21.8 Å². The Bertz CT molecular complexity index is 696. The molecule has 0 atom stereocenters. The SMILES string of the molecule is CCCn1c(SCC(=O)NCCOC)nc2ccsc2c1=O. The van der Waals surface area contributed by atoms with Crippen LogP contribution in [0.5, 0.6) is 0 Å². The maximum absolute atomic E-state index is 12.5. The zero-order chi connectivity index (χ0) is 15.9. The normalized spacial score (nSPS) is 11.0. The molecule has 8 heteroatoms. The minimum atomic E-state index is -0.0928. The molecule has 0 aliphatic carbocycles. The summed E-state index contributed by atoms with van der Waals surface area (Å²) in [6.45, 7) is 3.58. The number of rotatable bonds is 8. The number of fused-ring (bicyclic) bond motifs is 1. The van der Waals surface area contributed by atoms with E-state index in [4.69, 9.17) is 4.74 Å². The predicted molar refractivity (Wildman–Crippen MR) is 89.8 cm³/mol. The van der Waals surface area contributed by atoms with E-state index < -0.39 is 0 Å². The van der Waals surface area contributed by atoms with Gasteiger partial charge in [0.15, 0.2) is 5.16 Å². The van der Waals surface area contributed by atoms with Gasteiger partial charge in [-0.25, -0.2) is 4.98 Å². The first-order valence-corrected chi connectivity index (χ1v) is 8.90. The molecule has 0 saturated carbocycles. The highest BCUT2D eigenvalue weighted by molar-refractivity contribution is 7.99. The highest BCUT2D eigenvalue weighted by atomic mass is 32.2. The molecule has 0 saturated heterocycles. The minimum Gasteiger partial charge on any atom is -0.383 e. The Kier molecular flexibility index (Phi) is 6.41. The maximum atomic E-state index is 12.5. The first-order valence-electron chi connectivity index (χ1n) is 7.03. The highest BCUT2D eigenvalue weighted by Gasteiger charge is 2.13. The minimum absolute atomic E-state index is 0.0239. The summed E-state index contributed by atoms with van der Waals surface area (Å²) in [5, 5.41) is 5.21. The number of amides is 1. The quantitative estimate of drug-likeness (QED) is 0.450. The first kappa shape index (κ1) is 17.0. The molecular formula is C14H19N3O3S2. The van der Waals surface area contributed by atoms with E-state index in [0.29, 0.717) is 35.1 Å². The third-order valence-electron chi connectivity index (χ3n) is 2.94. The fourth-order valence-electron chi connectivity index (χ4n) is 1.93. The topological polar surface area (TPSA) is 73.2 Å². The predicted octanol–water partition coefficient (Wildman–Crippen LogP) is 1.72. The number of hydrogen-bond acceptors (Lipinski definition) is 6. The Morgan fingerprint density at radius 2 is 2.36 bits per heavy atom. The molecule has 0 aliphatic rings. The van der Waals surface area contributed by atoms with Crippen molar-refractivity contribution in [1.82, 2.24) is 14.9 Å². The van der Waals surface area contributed by atoms with Crippen LogP contribution in [0, 0.1) is 0 Å². The van der Waals surface area contributed by atoms with Gasteiger partial charge in [0.25, 0.3) is 5.56 Å². The lowest BCUT2D eigenvalue weighted by atomic mass is 10.4. The van der Waals surface area contributed by atoms with Crippen LogP contribution in [0.1, 0.15) is 13.3 Å². The summed E-state index contributed by atoms with van der Waals surface area (Å²) in [6.07, 6.45) is 0.839. The molecule has 1 amide bonds. The molecule has 0 bridgehead atoms. The third kappa shape index (κ3) is 4.08. The zero-order valence-corrected chi connectivity index (χ0v) is 14.3. The van der Waals surface area contributed by atoms with Gasteiger partial charge in [0, 0.05) is 20.2 Å².